The molecule has 128 valence electrons. The van der Waals surface area contributed by atoms with E-state index in [1.807, 2.05) is 0 Å². The number of carbonyl (C=O) groups excluding carboxylic acids is 1. The lowest BCUT2D eigenvalue weighted by atomic mass is 9.89. The number of rotatable bonds is 6. The minimum Gasteiger partial charge on any atom is -0.379 e. The molecule has 3 rings (SSSR count). The molecule has 1 N–H and O–H groups in total. The number of hydrogen-bond acceptors (Lipinski definition) is 4. The van der Waals surface area contributed by atoms with Crippen molar-refractivity contribution < 1.29 is 9.53 Å². The standard InChI is InChI=1S/C17H28N4O2/c1-14-3-4-16-15(11-14)12-21(19-16)13-17(22)18-5-2-6-20-7-9-23-10-8-20/h12,14H,2-11,13H2,1H3,(H,18,22). The van der Waals surface area contributed by atoms with Gasteiger partial charge < -0.3 is 10.1 Å². The number of ether oxygens (including phenoxy) is 1. The Balaban J connectivity index is 1.36. The average molecular weight is 320 g/mol. The zero-order valence-corrected chi connectivity index (χ0v) is 14.1. The zero-order valence-electron chi connectivity index (χ0n) is 14.1. The quantitative estimate of drug-likeness (QED) is 0.790. The molecular weight excluding hydrogens is 292 g/mol. The highest BCUT2D eigenvalue weighted by molar-refractivity contribution is 5.75. The van der Waals surface area contributed by atoms with Crippen molar-refractivity contribution in [3.05, 3.63) is 17.5 Å². The predicted octanol–water partition coefficient (Wildman–Crippen LogP) is 0.846. The molecule has 1 atom stereocenters. The van der Waals surface area contributed by atoms with E-state index in [-0.39, 0.29) is 5.91 Å². The minimum atomic E-state index is 0.0554. The van der Waals surface area contributed by atoms with Crippen molar-refractivity contribution in [3.63, 3.8) is 0 Å². The molecule has 1 amide bonds. The molecule has 1 fully saturated rings. The number of aryl methyl sites for hydroxylation is 1. The van der Waals surface area contributed by atoms with Crippen LogP contribution in [0.1, 0.15) is 31.0 Å². The monoisotopic (exact) mass is 320 g/mol. The topological polar surface area (TPSA) is 59.4 Å². The number of nitrogens with one attached hydrogen (secondary N) is 1. The van der Waals surface area contributed by atoms with Crippen molar-refractivity contribution in [2.24, 2.45) is 5.92 Å². The maximum absolute atomic E-state index is 12.0. The van der Waals surface area contributed by atoms with Crippen molar-refractivity contribution in [3.8, 4) is 0 Å². The van der Waals surface area contributed by atoms with Crippen LogP contribution in [0, 0.1) is 5.92 Å². The Bertz CT molecular complexity index is 523. The second kappa shape index (κ2) is 7.93. The summed E-state index contributed by atoms with van der Waals surface area (Å²) in [5, 5.41) is 7.56. The van der Waals surface area contributed by atoms with Gasteiger partial charge in [0.15, 0.2) is 0 Å². The highest BCUT2D eigenvalue weighted by Crippen LogP contribution is 2.23. The highest BCUT2D eigenvalue weighted by atomic mass is 16.5. The SMILES string of the molecule is CC1CCc2nn(CC(=O)NCCCN3CCOCC3)cc2C1. The van der Waals surface area contributed by atoms with Crippen LogP contribution in [0.3, 0.4) is 0 Å². The molecular formula is C17H28N4O2. The molecule has 1 aromatic heterocycles. The molecule has 6 nitrogen and oxygen atoms in total. The Morgan fingerprint density at radius 2 is 2.26 bits per heavy atom. The van der Waals surface area contributed by atoms with Gasteiger partial charge in [0.05, 0.1) is 18.9 Å². The van der Waals surface area contributed by atoms with E-state index in [0.29, 0.717) is 6.54 Å². The van der Waals surface area contributed by atoms with E-state index in [9.17, 15) is 4.79 Å². The van der Waals surface area contributed by atoms with Crippen LogP contribution in [0.2, 0.25) is 0 Å². The van der Waals surface area contributed by atoms with Gasteiger partial charge in [-0.1, -0.05) is 6.92 Å². The lowest BCUT2D eigenvalue weighted by Crippen LogP contribution is -2.38. The molecule has 0 bridgehead atoms. The Morgan fingerprint density at radius 3 is 3.09 bits per heavy atom. The summed E-state index contributed by atoms with van der Waals surface area (Å²) in [5.41, 5.74) is 2.51. The minimum absolute atomic E-state index is 0.0554. The van der Waals surface area contributed by atoms with E-state index < -0.39 is 0 Å². The third kappa shape index (κ3) is 4.78. The van der Waals surface area contributed by atoms with E-state index in [2.05, 4.69) is 28.4 Å². The molecule has 2 heterocycles. The van der Waals surface area contributed by atoms with Crippen molar-refractivity contribution >= 4 is 5.91 Å². The van der Waals surface area contributed by atoms with Gasteiger partial charge in [-0.15, -0.1) is 0 Å². The molecule has 1 unspecified atom stereocenters. The van der Waals surface area contributed by atoms with Crippen LogP contribution < -0.4 is 5.32 Å². The lowest BCUT2D eigenvalue weighted by molar-refractivity contribution is -0.121. The first-order valence-electron chi connectivity index (χ1n) is 8.82. The van der Waals surface area contributed by atoms with Gasteiger partial charge in [0.1, 0.15) is 6.54 Å². The van der Waals surface area contributed by atoms with E-state index in [1.165, 1.54) is 17.7 Å². The number of amides is 1. The summed E-state index contributed by atoms with van der Waals surface area (Å²) in [4.78, 5) is 14.4. The van der Waals surface area contributed by atoms with E-state index >= 15 is 0 Å². The van der Waals surface area contributed by atoms with Gasteiger partial charge in [-0.2, -0.15) is 5.10 Å². The van der Waals surface area contributed by atoms with E-state index in [0.717, 1.165) is 64.6 Å². The Kier molecular flexibility index (Phi) is 5.67. The Hall–Kier alpha value is -1.40. The zero-order chi connectivity index (χ0) is 16.1. The number of aromatic nitrogens is 2. The normalized spacial score (nSPS) is 21.9. The molecule has 6 heteroatoms. The summed E-state index contributed by atoms with van der Waals surface area (Å²) < 4.78 is 7.14. The summed E-state index contributed by atoms with van der Waals surface area (Å²) in [5.74, 6) is 0.786. The fraction of sp³-hybridized carbons (Fsp3) is 0.765. The molecule has 0 radical (unpaired) electrons. The van der Waals surface area contributed by atoms with Crippen molar-refractivity contribution in [1.29, 1.82) is 0 Å². The molecule has 2 aliphatic rings. The smallest absolute Gasteiger partial charge is 0.241 e. The summed E-state index contributed by atoms with van der Waals surface area (Å²) >= 11 is 0. The summed E-state index contributed by atoms with van der Waals surface area (Å²) in [7, 11) is 0. The molecule has 1 aromatic rings. The Labute approximate surface area is 138 Å². The first-order valence-corrected chi connectivity index (χ1v) is 8.82. The van der Waals surface area contributed by atoms with Gasteiger partial charge in [0.25, 0.3) is 0 Å². The lowest BCUT2D eigenvalue weighted by Gasteiger charge is -2.26. The third-order valence-electron chi connectivity index (χ3n) is 4.75. The second-order valence-corrected chi connectivity index (χ2v) is 6.80. The second-order valence-electron chi connectivity index (χ2n) is 6.80. The van der Waals surface area contributed by atoms with Crippen molar-refractivity contribution in [2.45, 2.75) is 39.2 Å². The maximum atomic E-state index is 12.0. The molecule has 0 spiro atoms. The number of fused-ring (bicyclic) bond motifs is 1. The Morgan fingerprint density at radius 1 is 1.43 bits per heavy atom. The first-order chi connectivity index (χ1) is 11.2. The van der Waals surface area contributed by atoms with Crippen molar-refractivity contribution in [2.75, 3.05) is 39.4 Å². The van der Waals surface area contributed by atoms with E-state index in [1.54, 1.807) is 4.68 Å². The molecule has 23 heavy (non-hydrogen) atoms. The number of hydrogen-bond donors (Lipinski definition) is 1. The summed E-state index contributed by atoms with van der Waals surface area (Å²) in [6.07, 6.45) is 6.39. The van der Waals surface area contributed by atoms with Gasteiger partial charge in [-0.05, 0) is 43.7 Å². The summed E-state index contributed by atoms with van der Waals surface area (Å²) in [6, 6.07) is 0. The van der Waals surface area contributed by atoms with Gasteiger partial charge in [0.2, 0.25) is 5.91 Å². The molecule has 0 aromatic carbocycles. The molecule has 1 saturated heterocycles. The van der Waals surface area contributed by atoms with Crippen LogP contribution in [0.5, 0.6) is 0 Å². The van der Waals surface area contributed by atoms with Crippen LogP contribution in [0.25, 0.3) is 0 Å². The molecule has 1 aliphatic carbocycles. The van der Waals surface area contributed by atoms with Crippen molar-refractivity contribution in [1.82, 2.24) is 20.0 Å². The van der Waals surface area contributed by atoms with Crippen LogP contribution >= 0.6 is 0 Å². The summed E-state index contributed by atoms with van der Waals surface area (Å²) in [6.45, 7) is 8.03. The largest absolute Gasteiger partial charge is 0.379 e. The third-order valence-corrected chi connectivity index (χ3v) is 4.75. The molecule has 0 saturated carbocycles. The maximum Gasteiger partial charge on any atom is 0.241 e. The van der Waals surface area contributed by atoms with Crippen LogP contribution in [0.15, 0.2) is 6.20 Å². The van der Waals surface area contributed by atoms with Crippen LogP contribution in [-0.4, -0.2) is 60.0 Å². The highest BCUT2D eigenvalue weighted by Gasteiger charge is 2.19. The number of morpholine rings is 1. The average Bonchev–Trinajstić information content (AvgIpc) is 2.94. The first kappa shape index (κ1) is 16.5. The molecule has 1 aliphatic heterocycles. The number of carbonyl (C=O) groups is 1. The van der Waals surface area contributed by atoms with Crippen LogP contribution in [0.4, 0.5) is 0 Å². The number of nitrogens with zero attached hydrogens (tertiary/aromatic N) is 3. The van der Waals surface area contributed by atoms with E-state index in [4.69, 9.17) is 4.74 Å². The predicted molar refractivity (Wildman–Crippen MR) is 88.3 cm³/mol. The van der Waals surface area contributed by atoms with Gasteiger partial charge in [-0.25, -0.2) is 0 Å². The fourth-order valence-corrected chi connectivity index (χ4v) is 3.38. The fourth-order valence-electron chi connectivity index (χ4n) is 3.38. The van der Waals surface area contributed by atoms with Gasteiger partial charge in [-0.3, -0.25) is 14.4 Å². The van der Waals surface area contributed by atoms with Gasteiger partial charge >= 0.3 is 0 Å². The van der Waals surface area contributed by atoms with Gasteiger partial charge in [0, 0.05) is 25.8 Å². The van der Waals surface area contributed by atoms with Crippen LogP contribution in [-0.2, 0) is 28.9 Å².